The first-order chi connectivity index (χ1) is 10.8. The van der Waals surface area contributed by atoms with Gasteiger partial charge in [0.15, 0.2) is 0 Å². The van der Waals surface area contributed by atoms with E-state index in [2.05, 4.69) is 4.98 Å². The minimum absolute atomic E-state index is 0.102. The highest BCUT2D eigenvalue weighted by molar-refractivity contribution is 5.94. The predicted molar refractivity (Wildman–Crippen MR) is 86.1 cm³/mol. The monoisotopic (exact) mass is 296 g/mol. The summed E-state index contributed by atoms with van der Waals surface area (Å²) in [5.41, 5.74) is 0.995. The fraction of sp³-hybridized carbons (Fsp3) is 0.333. The summed E-state index contributed by atoms with van der Waals surface area (Å²) in [6.07, 6.45) is 4.24. The first kappa shape index (κ1) is 14.6. The van der Waals surface area contributed by atoms with Crippen molar-refractivity contribution in [2.24, 2.45) is 0 Å². The number of hydrogen-bond acceptors (Lipinski definition) is 3. The summed E-state index contributed by atoms with van der Waals surface area (Å²) in [6.45, 7) is 2.60. The molecule has 0 bridgehead atoms. The van der Waals surface area contributed by atoms with Crippen molar-refractivity contribution in [3.8, 4) is 5.75 Å². The van der Waals surface area contributed by atoms with Crippen LogP contribution in [0.2, 0.25) is 0 Å². The number of carbonyl (C=O) groups excluding carboxylic acids is 1. The first-order valence-electron chi connectivity index (χ1n) is 7.72. The van der Waals surface area contributed by atoms with Gasteiger partial charge in [0.05, 0.1) is 13.0 Å². The Labute approximate surface area is 130 Å². The molecule has 0 spiro atoms. The Kier molecular flexibility index (Phi) is 4.37. The molecule has 0 N–H and O–H groups in total. The number of nitrogens with zero attached hydrogens (tertiary/aromatic N) is 2. The Hall–Kier alpha value is -2.36. The summed E-state index contributed by atoms with van der Waals surface area (Å²) in [7, 11) is 0. The molecular weight excluding hydrogens is 276 g/mol. The average Bonchev–Trinajstić information content (AvgIpc) is 3.36. The zero-order valence-corrected chi connectivity index (χ0v) is 12.7. The van der Waals surface area contributed by atoms with Gasteiger partial charge in [0.2, 0.25) is 5.91 Å². The Morgan fingerprint density at radius 3 is 2.59 bits per heavy atom. The highest BCUT2D eigenvalue weighted by atomic mass is 16.5. The second kappa shape index (κ2) is 6.60. The number of ether oxygens (including phenoxy) is 1. The van der Waals surface area contributed by atoms with Crippen molar-refractivity contribution in [3.63, 3.8) is 0 Å². The minimum Gasteiger partial charge on any atom is -0.494 e. The molecule has 3 rings (SSSR count). The van der Waals surface area contributed by atoms with Gasteiger partial charge in [-0.25, -0.2) is 4.98 Å². The molecule has 1 saturated carbocycles. The molecule has 0 atom stereocenters. The van der Waals surface area contributed by atoms with Crippen molar-refractivity contribution in [1.82, 2.24) is 4.98 Å². The standard InChI is InChI=1S/C18H20N2O2/c1-2-22-16-10-6-14(7-11-16)13-18(21)20(15-8-9-15)17-5-3-4-12-19-17/h3-7,10-12,15H,2,8-9,13H2,1H3. The Morgan fingerprint density at radius 1 is 1.23 bits per heavy atom. The van der Waals surface area contributed by atoms with Crippen LogP contribution in [0.4, 0.5) is 5.82 Å². The molecule has 22 heavy (non-hydrogen) atoms. The number of rotatable bonds is 6. The summed E-state index contributed by atoms with van der Waals surface area (Å²) in [4.78, 5) is 18.8. The number of aromatic nitrogens is 1. The third kappa shape index (κ3) is 3.45. The average molecular weight is 296 g/mol. The van der Waals surface area contributed by atoms with Crippen LogP contribution in [-0.2, 0) is 11.2 Å². The van der Waals surface area contributed by atoms with E-state index in [1.54, 1.807) is 6.20 Å². The second-order valence-corrected chi connectivity index (χ2v) is 5.44. The Bertz CT molecular complexity index is 621. The van der Waals surface area contributed by atoms with Gasteiger partial charge in [0, 0.05) is 12.2 Å². The molecule has 0 unspecified atom stereocenters. The van der Waals surface area contributed by atoms with E-state index >= 15 is 0 Å². The fourth-order valence-corrected chi connectivity index (χ4v) is 2.48. The lowest BCUT2D eigenvalue weighted by Crippen LogP contribution is -2.34. The number of carbonyl (C=O) groups is 1. The quantitative estimate of drug-likeness (QED) is 0.822. The van der Waals surface area contributed by atoms with Crippen molar-refractivity contribution in [3.05, 3.63) is 54.2 Å². The second-order valence-electron chi connectivity index (χ2n) is 5.44. The van der Waals surface area contributed by atoms with Gasteiger partial charge in [-0.15, -0.1) is 0 Å². The lowest BCUT2D eigenvalue weighted by atomic mass is 10.1. The molecule has 0 saturated heterocycles. The van der Waals surface area contributed by atoms with Crippen LogP contribution in [0, 0.1) is 0 Å². The van der Waals surface area contributed by atoms with Gasteiger partial charge in [-0.05, 0) is 49.6 Å². The van der Waals surface area contributed by atoms with Crippen molar-refractivity contribution in [2.75, 3.05) is 11.5 Å². The van der Waals surface area contributed by atoms with Crippen LogP contribution in [0.25, 0.3) is 0 Å². The molecule has 4 heteroatoms. The van der Waals surface area contributed by atoms with Crippen molar-refractivity contribution >= 4 is 11.7 Å². The van der Waals surface area contributed by atoms with Gasteiger partial charge < -0.3 is 4.74 Å². The molecule has 1 aromatic heterocycles. The molecule has 1 aromatic carbocycles. The highest BCUT2D eigenvalue weighted by Gasteiger charge is 2.34. The zero-order valence-electron chi connectivity index (χ0n) is 12.7. The number of anilines is 1. The molecular formula is C18H20N2O2. The van der Waals surface area contributed by atoms with Crippen LogP contribution in [0.15, 0.2) is 48.7 Å². The van der Waals surface area contributed by atoms with Crippen molar-refractivity contribution in [1.29, 1.82) is 0 Å². The van der Waals surface area contributed by atoms with Crippen LogP contribution in [-0.4, -0.2) is 23.5 Å². The molecule has 4 nitrogen and oxygen atoms in total. The van der Waals surface area contributed by atoms with Crippen LogP contribution >= 0.6 is 0 Å². The third-order valence-corrected chi connectivity index (χ3v) is 3.67. The molecule has 1 amide bonds. The summed E-state index contributed by atoms with van der Waals surface area (Å²) in [6, 6.07) is 13.7. The molecule has 2 aromatic rings. The number of hydrogen-bond donors (Lipinski definition) is 0. The van der Waals surface area contributed by atoms with Crippen LogP contribution in [0.5, 0.6) is 5.75 Å². The van der Waals surface area contributed by atoms with E-state index < -0.39 is 0 Å². The van der Waals surface area contributed by atoms with Crippen LogP contribution in [0.3, 0.4) is 0 Å². The number of amides is 1. The molecule has 0 aliphatic heterocycles. The summed E-state index contributed by atoms with van der Waals surface area (Å²) in [5.74, 6) is 1.69. The fourth-order valence-electron chi connectivity index (χ4n) is 2.48. The largest absolute Gasteiger partial charge is 0.494 e. The van der Waals surface area contributed by atoms with Crippen LogP contribution < -0.4 is 9.64 Å². The summed E-state index contributed by atoms with van der Waals surface area (Å²) < 4.78 is 5.43. The maximum Gasteiger partial charge on any atom is 0.232 e. The van der Waals surface area contributed by atoms with E-state index in [1.807, 2.05) is 54.3 Å². The van der Waals surface area contributed by atoms with E-state index in [1.165, 1.54) is 0 Å². The smallest absolute Gasteiger partial charge is 0.232 e. The maximum atomic E-state index is 12.7. The lowest BCUT2D eigenvalue weighted by molar-refractivity contribution is -0.118. The van der Waals surface area contributed by atoms with Gasteiger partial charge in [-0.2, -0.15) is 0 Å². The number of benzene rings is 1. The summed E-state index contributed by atoms with van der Waals surface area (Å²) >= 11 is 0. The third-order valence-electron chi connectivity index (χ3n) is 3.67. The van der Waals surface area contributed by atoms with E-state index in [-0.39, 0.29) is 5.91 Å². The topological polar surface area (TPSA) is 42.4 Å². The van der Waals surface area contributed by atoms with Gasteiger partial charge in [0.1, 0.15) is 11.6 Å². The van der Waals surface area contributed by atoms with E-state index in [0.717, 1.165) is 30.0 Å². The van der Waals surface area contributed by atoms with Gasteiger partial charge in [-0.1, -0.05) is 18.2 Å². The number of pyridine rings is 1. The maximum absolute atomic E-state index is 12.7. The van der Waals surface area contributed by atoms with E-state index in [4.69, 9.17) is 4.74 Å². The van der Waals surface area contributed by atoms with Crippen LogP contribution in [0.1, 0.15) is 25.3 Å². The highest BCUT2D eigenvalue weighted by Crippen LogP contribution is 2.31. The molecule has 1 aliphatic rings. The molecule has 1 fully saturated rings. The molecule has 1 heterocycles. The first-order valence-corrected chi connectivity index (χ1v) is 7.72. The Balaban J connectivity index is 1.71. The normalized spacial score (nSPS) is 13.7. The molecule has 0 radical (unpaired) electrons. The van der Waals surface area contributed by atoms with E-state index in [9.17, 15) is 4.79 Å². The lowest BCUT2D eigenvalue weighted by Gasteiger charge is -2.21. The van der Waals surface area contributed by atoms with Gasteiger partial charge in [0.25, 0.3) is 0 Å². The van der Waals surface area contributed by atoms with E-state index in [0.29, 0.717) is 19.1 Å². The van der Waals surface area contributed by atoms with Gasteiger partial charge >= 0.3 is 0 Å². The molecule has 114 valence electrons. The van der Waals surface area contributed by atoms with Crippen molar-refractivity contribution in [2.45, 2.75) is 32.2 Å². The Morgan fingerprint density at radius 2 is 2.00 bits per heavy atom. The minimum atomic E-state index is 0.102. The molecule has 1 aliphatic carbocycles. The zero-order chi connectivity index (χ0) is 15.4. The van der Waals surface area contributed by atoms with Crippen molar-refractivity contribution < 1.29 is 9.53 Å². The predicted octanol–water partition coefficient (Wildman–Crippen LogP) is 3.22. The summed E-state index contributed by atoms with van der Waals surface area (Å²) in [5, 5.41) is 0. The van der Waals surface area contributed by atoms with Gasteiger partial charge in [-0.3, -0.25) is 9.69 Å². The SMILES string of the molecule is CCOc1ccc(CC(=O)N(c2ccccn2)C2CC2)cc1.